The van der Waals surface area contributed by atoms with Gasteiger partial charge >= 0.3 is 0 Å². The zero-order chi connectivity index (χ0) is 22.1. The first-order valence-corrected chi connectivity index (χ1v) is 11.1. The molecule has 0 aliphatic heterocycles. The topological polar surface area (TPSA) is 78.7 Å². The van der Waals surface area contributed by atoms with Gasteiger partial charge in [-0.3, -0.25) is 9.79 Å². The van der Waals surface area contributed by atoms with Gasteiger partial charge in [0.15, 0.2) is 11.7 Å². The highest BCUT2D eigenvalue weighted by atomic mass is 32.2. The van der Waals surface area contributed by atoms with Crippen LogP contribution in [0.2, 0.25) is 0 Å². The molecule has 0 atom stereocenters. The molecule has 2 aromatic carbocycles. The lowest BCUT2D eigenvalue weighted by molar-refractivity contribution is 0.0996. The van der Waals surface area contributed by atoms with E-state index in [9.17, 15) is 9.18 Å². The highest BCUT2D eigenvalue weighted by Crippen LogP contribution is 2.17. The number of carbonyl (C=O) groups excluding carboxylic acids is 1. The van der Waals surface area contributed by atoms with E-state index in [0.717, 1.165) is 22.4 Å². The predicted octanol–water partition coefficient (Wildman–Crippen LogP) is 4.40. The molecule has 1 amide bonds. The minimum atomic E-state index is -0.298. The minimum absolute atomic E-state index is 0.227. The number of aliphatic imine (C=N–C) groups is 1. The third-order valence-electron chi connectivity index (χ3n) is 4.53. The van der Waals surface area contributed by atoms with Crippen molar-refractivity contribution in [2.45, 2.75) is 18.8 Å². The summed E-state index contributed by atoms with van der Waals surface area (Å²) >= 11 is 1.65. The highest BCUT2D eigenvalue weighted by Gasteiger charge is 2.09. The average molecular weight is 441 g/mol. The van der Waals surface area contributed by atoms with Crippen LogP contribution in [0.25, 0.3) is 0 Å². The summed E-state index contributed by atoms with van der Waals surface area (Å²) in [6.07, 6.45) is 3.46. The van der Waals surface area contributed by atoms with Gasteiger partial charge in [-0.1, -0.05) is 18.2 Å². The predicted molar refractivity (Wildman–Crippen MR) is 124 cm³/mol. The van der Waals surface area contributed by atoms with Crippen molar-refractivity contribution in [3.05, 3.63) is 89.1 Å². The molecular weight excluding hydrogens is 415 g/mol. The first-order valence-electron chi connectivity index (χ1n) is 9.73. The standard InChI is InChI=1S/C23H25FN4O2S/c1-25-23(27-14-17-8-9-19(24)12-18(17)15-31-2)26-13-16-5-3-6-20(11-16)28-22(29)21-7-4-10-30-21/h3-12H,13-15H2,1-2H3,(H,28,29)(H2,25,26,27). The molecule has 1 aromatic heterocycles. The van der Waals surface area contributed by atoms with E-state index in [-0.39, 0.29) is 17.5 Å². The fraction of sp³-hybridized carbons (Fsp3) is 0.217. The molecule has 0 radical (unpaired) electrons. The lowest BCUT2D eigenvalue weighted by Crippen LogP contribution is -2.36. The summed E-state index contributed by atoms with van der Waals surface area (Å²) in [6.45, 7) is 1.06. The maximum absolute atomic E-state index is 13.5. The van der Waals surface area contributed by atoms with Crippen LogP contribution in [0.15, 0.2) is 70.3 Å². The van der Waals surface area contributed by atoms with E-state index < -0.39 is 0 Å². The van der Waals surface area contributed by atoms with E-state index in [1.54, 1.807) is 43.1 Å². The van der Waals surface area contributed by atoms with Gasteiger partial charge < -0.3 is 20.4 Å². The molecule has 0 spiro atoms. The Hall–Kier alpha value is -3.26. The molecule has 6 nitrogen and oxygen atoms in total. The SMILES string of the molecule is CN=C(NCc1cccc(NC(=O)c2ccco2)c1)NCc1ccc(F)cc1CSC. The van der Waals surface area contributed by atoms with E-state index in [4.69, 9.17) is 4.42 Å². The Morgan fingerprint density at radius 2 is 1.90 bits per heavy atom. The fourth-order valence-electron chi connectivity index (χ4n) is 3.00. The van der Waals surface area contributed by atoms with Crippen LogP contribution >= 0.6 is 11.8 Å². The Balaban J connectivity index is 1.56. The van der Waals surface area contributed by atoms with Crippen molar-refractivity contribution < 1.29 is 13.6 Å². The largest absolute Gasteiger partial charge is 0.459 e. The summed E-state index contributed by atoms with van der Waals surface area (Å²) in [4.78, 5) is 16.4. The van der Waals surface area contributed by atoms with Gasteiger partial charge in [0.2, 0.25) is 0 Å². The molecule has 162 valence electrons. The van der Waals surface area contributed by atoms with Crippen LogP contribution in [0.5, 0.6) is 0 Å². The quantitative estimate of drug-likeness (QED) is 0.357. The van der Waals surface area contributed by atoms with Crippen molar-refractivity contribution in [3.8, 4) is 0 Å². The van der Waals surface area contributed by atoms with Gasteiger partial charge in [-0.15, -0.1) is 0 Å². The molecule has 0 aliphatic carbocycles. The Morgan fingerprint density at radius 1 is 1.06 bits per heavy atom. The maximum atomic E-state index is 13.5. The molecule has 0 bridgehead atoms. The number of furan rings is 1. The number of halogens is 1. The van der Waals surface area contributed by atoms with Crippen molar-refractivity contribution in [1.82, 2.24) is 10.6 Å². The van der Waals surface area contributed by atoms with Gasteiger partial charge in [-0.25, -0.2) is 4.39 Å². The highest BCUT2D eigenvalue weighted by molar-refractivity contribution is 7.97. The van der Waals surface area contributed by atoms with Crippen LogP contribution in [0, 0.1) is 5.82 Å². The normalized spacial score (nSPS) is 11.3. The van der Waals surface area contributed by atoms with Gasteiger partial charge in [-0.05, 0) is 59.3 Å². The third-order valence-corrected chi connectivity index (χ3v) is 5.13. The zero-order valence-electron chi connectivity index (χ0n) is 17.4. The Bertz CT molecular complexity index is 1040. The van der Waals surface area contributed by atoms with Crippen molar-refractivity contribution in [3.63, 3.8) is 0 Å². The maximum Gasteiger partial charge on any atom is 0.291 e. The molecule has 0 saturated heterocycles. The van der Waals surface area contributed by atoms with Crippen LogP contribution in [0.1, 0.15) is 27.2 Å². The van der Waals surface area contributed by atoms with Crippen molar-refractivity contribution in [2.75, 3.05) is 18.6 Å². The lowest BCUT2D eigenvalue weighted by atomic mass is 10.1. The Labute approximate surface area is 185 Å². The van der Waals surface area contributed by atoms with Crippen LogP contribution in [-0.4, -0.2) is 25.2 Å². The molecule has 0 unspecified atom stereocenters. The molecular formula is C23H25FN4O2S. The summed E-state index contributed by atoms with van der Waals surface area (Å²) < 4.78 is 18.7. The number of hydrogen-bond donors (Lipinski definition) is 3. The van der Waals surface area contributed by atoms with Gasteiger partial charge in [0.25, 0.3) is 5.91 Å². The first-order chi connectivity index (χ1) is 15.1. The summed E-state index contributed by atoms with van der Waals surface area (Å²) in [5, 5.41) is 9.34. The molecule has 31 heavy (non-hydrogen) atoms. The van der Waals surface area contributed by atoms with E-state index in [2.05, 4.69) is 20.9 Å². The second kappa shape index (κ2) is 11.2. The summed E-state index contributed by atoms with van der Waals surface area (Å²) in [6, 6.07) is 15.7. The van der Waals surface area contributed by atoms with Crippen LogP contribution in [-0.2, 0) is 18.8 Å². The molecule has 0 saturated carbocycles. The van der Waals surface area contributed by atoms with Crippen LogP contribution in [0.4, 0.5) is 10.1 Å². The third kappa shape index (κ3) is 6.62. The number of benzene rings is 2. The molecule has 3 rings (SSSR count). The number of nitrogens with one attached hydrogen (secondary N) is 3. The van der Waals surface area contributed by atoms with E-state index in [1.807, 2.05) is 30.5 Å². The molecule has 3 N–H and O–H groups in total. The van der Waals surface area contributed by atoms with Crippen LogP contribution < -0.4 is 16.0 Å². The fourth-order valence-corrected chi connectivity index (χ4v) is 3.58. The van der Waals surface area contributed by atoms with Gasteiger partial charge in [0, 0.05) is 31.6 Å². The molecule has 3 aromatic rings. The number of amides is 1. The zero-order valence-corrected chi connectivity index (χ0v) is 18.3. The lowest BCUT2D eigenvalue weighted by Gasteiger charge is -2.14. The minimum Gasteiger partial charge on any atom is -0.459 e. The van der Waals surface area contributed by atoms with Crippen molar-refractivity contribution in [2.24, 2.45) is 4.99 Å². The number of hydrogen-bond acceptors (Lipinski definition) is 4. The van der Waals surface area contributed by atoms with E-state index in [0.29, 0.717) is 24.7 Å². The van der Waals surface area contributed by atoms with Crippen LogP contribution in [0.3, 0.4) is 0 Å². The number of nitrogens with zero attached hydrogens (tertiary/aromatic N) is 1. The van der Waals surface area contributed by atoms with E-state index in [1.165, 1.54) is 12.3 Å². The first kappa shape index (κ1) is 22.4. The number of thioether (sulfide) groups is 1. The second-order valence-corrected chi connectivity index (χ2v) is 7.62. The monoisotopic (exact) mass is 440 g/mol. The van der Waals surface area contributed by atoms with Gasteiger partial charge in [0.05, 0.1) is 6.26 Å². The van der Waals surface area contributed by atoms with Gasteiger partial charge in [0.1, 0.15) is 5.82 Å². The number of anilines is 1. The van der Waals surface area contributed by atoms with Crippen molar-refractivity contribution in [1.29, 1.82) is 0 Å². The van der Waals surface area contributed by atoms with Crippen molar-refractivity contribution >= 4 is 29.3 Å². The average Bonchev–Trinajstić information content (AvgIpc) is 3.31. The summed E-state index contributed by atoms with van der Waals surface area (Å²) in [5.41, 5.74) is 3.65. The van der Waals surface area contributed by atoms with Gasteiger partial charge in [-0.2, -0.15) is 11.8 Å². The molecule has 1 heterocycles. The molecule has 0 aliphatic rings. The second-order valence-electron chi connectivity index (χ2n) is 6.76. The van der Waals surface area contributed by atoms with E-state index >= 15 is 0 Å². The number of guanidine groups is 1. The molecule has 8 heteroatoms. The summed E-state index contributed by atoms with van der Waals surface area (Å²) in [5.74, 6) is 1.11. The number of carbonyl (C=O) groups is 1. The number of rotatable bonds is 8. The summed E-state index contributed by atoms with van der Waals surface area (Å²) in [7, 11) is 1.70. The Morgan fingerprint density at radius 3 is 2.65 bits per heavy atom. The smallest absolute Gasteiger partial charge is 0.291 e. The Kier molecular flexibility index (Phi) is 8.12. The molecule has 0 fully saturated rings.